The summed E-state index contributed by atoms with van der Waals surface area (Å²) < 4.78 is 0. The van der Waals surface area contributed by atoms with Crippen molar-refractivity contribution >= 4 is 46.3 Å². The lowest BCUT2D eigenvalue weighted by Gasteiger charge is -2.28. The van der Waals surface area contributed by atoms with Gasteiger partial charge in [0.05, 0.1) is 20.6 Å². The van der Waals surface area contributed by atoms with Crippen molar-refractivity contribution in [3.8, 4) is 0 Å². The fourth-order valence-electron chi connectivity index (χ4n) is 1.28. The monoisotopic (exact) mass is 304 g/mol. The Kier molecular flexibility index (Phi) is 4.96. The molecule has 0 aliphatic rings. The van der Waals surface area contributed by atoms with E-state index < -0.39 is 5.54 Å². The molecule has 0 saturated carbocycles. The van der Waals surface area contributed by atoms with Gasteiger partial charge in [0.25, 0.3) is 5.91 Å². The molecule has 0 fully saturated rings. The Labute approximate surface area is 122 Å². The summed E-state index contributed by atoms with van der Waals surface area (Å²) in [7, 11) is 0. The number of nitrogens with two attached hydrogens (primary N) is 1. The molecule has 0 bridgehead atoms. The van der Waals surface area contributed by atoms with Gasteiger partial charge in [0.1, 0.15) is 0 Å². The highest BCUT2D eigenvalue weighted by Crippen LogP contribution is 2.23. The highest BCUT2D eigenvalue weighted by Gasteiger charge is 2.28. The average molecular weight is 305 g/mol. The van der Waals surface area contributed by atoms with Crippen LogP contribution in [0.15, 0.2) is 18.2 Å². The smallest absolute Gasteiger partial charge is 0.252 e. The first-order chi connectivity index (χ1) is 8.30. The van der Waals surface area contributed by atoms with Gasteiger partial charge in [-0.3, -0.25) is 4.79 Å². The third kappa shape index (κ3) is 3.34. The molecule has 0 saturated heterocycles. The molecule has 0 aliphatic carbocycles. The Morgan fingerprint density at radius 1 is 1.44 bits per heavy atom. The maximum atomic E-state index is 12.1. The standard InChI is InChI=1S/C12H14Cl2N2OS/c1-3-12(2,11(15)18)16-10(17)7-4-5-8(13)9(14)6-7/h4-6H,3H2,1-2H3,(H2,15,18)(H,16,17). The van der Waals surface area contributed by atoms with Crippen molar-refractivity contribution in [2.45, 2.75) is 25.8 Å². The van der Waals surface area contributed by atoms with Crippen LogP contribution < -0.4 is 11.1 Å². The van der Waals surface area contributed by atoms with E-state index in [1.807, 2.05) is 6.92 Å². The molecule has 0 heterocycles. The Hall–Kier alpha value is -0.840. The molecule has 18 heavy (non-hydrogen) atoms. The molecule has 0 aliphatic heterocycles. The molecule has 3 nitrogen and oxygen atoms in total. The van der Waals surface area contributed by atoms with Crippen molar-refractivity contribution in [1.82, 2.24) is 5.32 Å². The molecule has 0 aromatic heterocycles. The van der Waals surface area contributed by atoms with Crippen molar-refractivity contribution in [2.75, 3.05) is 0 Å². The fourth-order valence-corrected chi connectivity index (χ4v) is 1.78. The summed E-state index contributed by atoms with van der Waals surface area (Å²) in [6.07, 6.45) is 0.607. The van der Waals surface area contributed by atoms with Gasteiger partial charge in [-0.05, 0) is 31.5 Å². The Balaban J connectivity index is 2.95. The topological polar surface area (TPSA) is 55.1 Å². The molecule has 6 heteroatoms. The van der Waals surface area contributed by atoms with Gasteiger partial charge in [-0.15, -0.1) is 0 Å². The van der Waals surface area contributed by atoms with Crippen molar-refractivity contribution < 1.29 is 4.79 Å². The van der Waals surface area contributed by atoms with Crippen molar-refractivity contribution in [2.24, 2.45) is 5.73 Å². The lowest BCUT2D eigenvalue weighted by molar-refractivity contribution is 0.0926. The predicted octanol–water partition coefficient (Wildman–Crippen LogP) is 3.18. The predicted molar refractivity (Wildman–Crippen MR) is 79.4 cm³/mol. The van der Waals surface area contributed by atoms with Gasteiger partial charge in [-0.25, -0.2) is 0 Å². The quantitative estimate of drug-likeness (QED) is 0.840. The molecular weight excluding hydrogens is 291 g/mol. The molecule has 1 unspecified atom stereocenters. The van der Waals surface area contributed by atoms with E-state index in [1.165, 1.54) is 6.07 Å². The minimum absolute atomic E-state index is 0.249. The van der Waals surface area contributed by atoms with E-state index in [2.05, 4.69) is 5.32 Å². The van der Waals surface area contributed by atoms with E-state index >= 15 is 0 Å². The molecular formula is C12H14Cl2N2OS. The third-order valence-corrected chi connectivity index (χ3v) is 4.01. The van der Waals surface area contributed by atoms with E-state index in [9.17, 15) is 4.79 Å². The van der Waals surface area contributed by atoms with E-state index in [0.717, 1.165) is 0 Å². The van der Waals surface area contributed by atoms with Crippen LogP contribution >= 0.6 is 35.4 Å². The van der Waals surface area contributed by atoms with Crippen molar-refractivity contribution in [3.63, 3.8) is 0 Å². The number of halogens is 2. The Morgan fingerprint density at radius 3 is 2.50 bits per heavy atom. The molecule has 3 N–H and O–H groups in total. The summed E-state index contributed by atoms with van der Waals surface area (Å²) in [5.41, 5.74) is 5.34. The van der Waals surface area contributed by atoms with Crippen molar-refractivity contribution in [3.05, 3.63) is 33.8 Å². The van der Waals surface area contributed by atoms with Gasteiger partial charge in [0, 0.05) is 5.56 Å². The summed E-state index contributed by atoms with van der Waals surface area (Å²) >= 11 is 16.6. The Bertz CT molecular complexity index is 493. The minimum Gasteiger partial charge on any atom is -0.391 e. The fraction of sp³-hybridized carbons (Fsp3) is 0.333. The first-order valence-electron chi connectivity index (χ1n) is 5.37. The average Bonchev–Trinajstić information content (AvgIpc) is 2.32. The number of carbonyl (C=O) groups is 1. The molecule has 1 rings (SSSR count). The third-order valence-electron chi connectivity index (χ3n) is 2.82. The normalized spacial score (nSPS) is 13.8. The van der Waals surface area contributed by atoms with Gasteiger partial charge in [0.2, 0.25) is 0 Å². The van der Waals surface area contributed by atoms with Gasteiger partial charge in [-0.1, -0.05) is 42.3 Å². The SMILES string of the molecule is CCC(C)(NC(=O)c1ccc(Cl)c(Cl)c1)C(N)=S. The zero-order chi connectivity index (χ0) is 13.9. The maximum absolute atomic E-state index is 12.1. The molecule has 0 spiro atoms. The Morgan fingerprint density at radius 2 is 2.06 bits per heavy atom. The number of rotatable bonds is 4. The zero-order valence-corrected chi connectivity index (χ0v) is 12.4. The lowest BCUT2D eigenvalue weighted by atomic mass is 9.98. The highest BCUT2D eigenvalue weighted by molar-refractivity contribution is 7.80. The number of benzene rings is 1. The molecule has 98 valence electrons. The van der Waals surface area contributed by atoms with Crippen LogP contribution in [0.3, 0.4) is 0 Å². The van der Waals surface area contributed by atoms with Gasteiger partial charge >= 0.3 is 0 Å². The molecule has 1 aromatic carbocycles. The molecule has 1 amide bonds. The van der Waals surface area contributed by atoms with Gasteiger partial charge in [0.15, 0.2) is 0 Å². The van der Waals surface area contributed by atoms with E-state index in [-0.39, 0.29) is 10.9 Å². The van der Waals surface area contributed by atoms with Crippen LogP contribution in [0.4, 0.5) is 0 Å². The molecule has 0 radical (unpaired) electrons. The summed E-state index contributed by atoms with van der Waals surface area (Å²) in [4.78, 5) is 12.3. The van der Waals surface area contributed by atoms with E-state index in [4.69, 9.17) is 41.2 Å². The number of hydrogen-bond donors (Lipinski definition) is 2. The zero-order valence-electron chi connectivity index (χ0n) is 10.1. The van der Waals surface area contributed by atoms with E-state index in [1.54, 1.807) is 19.1 Å². The van der Waals surface area contributed by atoms with Crippen LogP contribution in [0.2, 0.25) is 10.0 Å². The second-order valence-electron chi connectivity index (χ2n) is 4.13. The van der Waals surface area contributed by atoms with Crippen LogP contribution in [0.1, 0.15) is 30.6 Å². The molecule has 1 aromatic rings. The number of amides is 1. The van der Waals surface area contributed by atoms with Crippen molar-refractivity contribution in [1.29, 1.82) is 0 Å². The summed E-state index contributed by atoms with van der Waals surface area (Å²) in [5.74, 6) is -0.286. The van der Waals surface area contributed by atoms with Crippen LogP contribution in [-0.4, -0.2) is 16.4 Å². The van der Waals surface area contributed by atoms with Crippen LogP contribution in [0.5, 0.6) is 0 Å². The number of thiocarbonyl (C=S) groups is 1. The molecule has 1 atom stereocenters. The number of carbonyl (C=O) groups excluding carboxylic acids is 1. The van der Waals surface area contributed by atoms with Crippen LogP contribution in [0.25, 0.3) is 0 Å². The summed E-state index contributed by atoms with van der Waals surface area (Å²) in [6.45, 7) is 3.68. The second-order valence-corrected chi connectivity index (χ2v) is 5.39. The first kappa shape index (κ1) is 15.2. The first-order valence-corrected chi connectivity index (χ1v) is 6.54. The number of nitrogens with one attached hydrogen (secondary N) is 1. The summed E-state index contributed by atoms with van der Waals surface area (Å²) in [5, 5.41) is 3.53. The van der Waals surface area contributed by atoms with E-state index in [0.29, 0.717) is 22.0 Å². The second kappa shape index (κ2) is 5.87. The van der Waals surface area contributed by atoms with Gasteiger partial charge in [-0.2, -0.15) is 0 Å². The van der Waals surface area contributed by atoms with Gasteiger partial charge < -0.3 is 11.1 Å². The summed E-state index contributed by atoms with van der Waals surface area (Å²) in [6, 6.07) is 4.68. The van der Waals surface area contributed by atoms with Crippen LogP contribution in [-0.2, 0) is 0 Å². The number of hydrogen-bond acceptors (Lipinski definition) is 2. The lowest BCUT2D eigenvalue weighted by Crippen LogP contribution is -2.54. The largest absolute Gasteiger partial charge is 0.391 e. The van der Waals surface area contributed by atoms with Crippen LogP contribution in [0, 0.1) is 0 Å². The highest BCUT2D eigenvalue weighted by atomic mass is 35.5. The minimum atomic E-state index is -0.710. The maximum Gasteiger partial charge on any atom is 0.252 e.